The Morgan fingerprint density at radius 1 is 0.714 bits per heavy atom. The normalized spacial score (nSPS) is 7.00. The van der Waals surface area contributed by atoms with Crippen LogP contribution in [0.2, 0.25) is 0 Å². The minimum absolute atomic E-state index is 0. The zero-order valence-electron chi connectivity index (χ0n) is 7.44. The molecule has 0 aliphatic heterocycles. The molecular formula is C10H10Cl2OZr. The first-order valence-electron chi connectivity index (χ1n) is 3.64. The van der Waals surface area contributed by atoms with Crippen LogP contribution in [-0.2, 0) is 30.0 Å². The average molecular weight is 308 g/mol. The van der Waals surface area contributed by atoms with Crippen molar-refractivity contribution < 1.29 is 30.0 Å². The molecule has 0 fully saturated rings. The SMILES string of the molecule is ClOCl.[Zr+2].c1cc[cH-]c1.c1cc[cH-]c1. The van der Waals surface area contributed by atoms with Gasteiger partial charge in [-0.3, -0.25) is 0 Å². The van der Waals surface area contributed by atoms with Crippen LogP contribution in [0.1, 0.15) is 0 Å². The molecule has 0 heterocycles. The summed E-state index contributed by atoms with van der Waals surface area (Å²) in [5.41, 5.74) is 0. The molecule has 0 radical (unpaired) electrons. The molecule has 14 heavy (non-hydrogen) atoms. The van der Waals surface area contributed by atoms with Gasteiger partial charge >= 0.3 is 26.2 Å². The number of rotatable bonds is 0. The Bertz CT molecular complexity index is 170. The van der Waals surface area contributed by atoms with Crippen LogP contribution in [0.5, 0.6) is 0 Å². The summed E-state index contributed by atoms with van der Waals surface area (Å²) in [6.07, 6.45) is 0. The third kappa shape index (κ3) is 14.6. The molecule has 0 saturated heterocycles. The molecule has 0 aliphatic carbocycles. The first-order valence-corrected chi connectivity index (χ1v) is 4.26. The van der Waals surface area contributed by atoms with E-state index in [1.807, 2.05) is 60.7 Å². The van der Waals surface area contributed by atoms with E-state index >= 15 is 0 Å². The number of hydrogen-bond donors (Lipinski definition) is 0. The monoisotopic (exact) mass is 306 g/mol. The molecule has 0 atom stereocenters. The first-order chi connectivity index (χ1) is 6.41. The smallest absolute Gasteiger partial charge is 0.214 e. The van der Waals surface area contributed by atoms with Crippen LogP contribution >= 0.6 is 23.7 Å². The summed E-state index contributed by atoms with van der Waals surface area (Å²) in [6, 6.07) is 20.0. The fourth-order valence-electron chi connectivity index (χ4n) is 0.642. The fourth-order valence-corrected chi connectivity index (χ4v) is 0.642. The minimum Gasteiger partial charge on any atom is -0.214 e. The van der Waals surface area contributed by atoms with Gasteiger partial charge in [-0.25, -0.2) is 24.3 Å². The van der Waals surface area contributed by atoms with Crippen LogP contribution in [0.25, 0.3) is 0 Å². The van der Waals surface area contributed by atoms with Gasteiger partial charge in [0.25, 0.3) is 0 Å². The molecule has 0 saturated carbocycles. The topological polar surface area (TPSA) is 9.23 Å². The van der Waals surface area contributed by atoms with E-state index in [0.29, 0.717) is 0 Å². The molecular weight excluding hydrogens is 298 g/mol. The predicted octanol–water partition coefficient (Wildman–Crippen LogP) is 4.12. The van der Waals surface area contributed by atoms with E-state index in [4.69, 9.17) is 0 Å². The zero-order chi connectivity index (χ0) is 9.78. The van der Waals surface area contributed by atoms with Crippen LogP contribution in [0.3, 0.4) is 0 Å². The van der Waals surface area contributed by atoms with Gasteiger partial charge in [0.05, 0.1) is 23.7 Å². The van der Waals surface area contributed by atoms with Gasteiger partial charge in [-0.2, -0.15) is 40.2 Å². The van der Waals surface area contributed by atoms with Crippen molar-refractivity contribution in [2.45, 2.75) is 0 Å². The summed E-state index contributed by atoms with van der Waals surface area (Å²) in [7, 11) is 0. The molecule has 0 amide bonds. The third-order valence-corrected chi connectivity index (χ3v) is 1.11. The molecule has 0 spiro atoms. The second-order valence-corrected chi connectivity index (χ2v) is 2.45. The van der Waals surface area contributed by atoms with E-state index < -0.39 is 0 Å². The van der Waals surface area contributed by atoms with Crippen LogP contribution in [0.4, 0.5) is 0 Å². The molecule has 0 N–H and O–H groups in total. The van der Waals surface area contributed by atoms with Gasteiger partial charge in [-0.15, -0.1) is 0 Å². The summed E-state index contributed by atoms with van der Waals surface area (Å²) in [5.74, 6) is 0. The second-order valence-electron chi connectivity index (χ2n) is 1.98. The molecule has 0 aromatic heterocycles. The van der Waals surface area contributed by atoms with Gasteiger partial charge in [0, 0.05) is 0 Å². The van der Waals surface area contributed by atoms with Gasteiger partial charge in [0.1, 0.15) is 0 Å². The molecule has 0 aliphatic rings. The van der Waals surface area contributed by atoms with Crippen molar-refractivity contribution in [1.29, 1.82) is 0 Å². The van der Waals surface area contributed by atoms with Crippen LogP contribution in [-0.4, -0.2) is 0 Å². The summed E-state index contributed by atoms with van der Waals surface area (Å²) in [4.78, 5) is 0. The Labute approximate surface area is 114 Å². The van der Waals surface area contributed by atoms with Gasteiger partial charge in [-0.1, -0.05) is 0 Å². The molecule has 2 aromatic rings. The Morgan fingerprint density at radius 2 is 0.929 bits per heavy atom. The van der Waals surface area contributed by atoms with Gasteiger partial charge in [0.15, 0.2) is 0 Å². The summed E-state index contributed by atoms with van der Waals surface area (Å²) < 4.78 is 3.19. The number of hydrogen-bond acceptors (Lipinski definition) is 1. The summed E-state index contributed by atoms with van der Waals surface area (Å²) >= 11 is 8.53. The van der Waals surface area contributed by atoms with Crippen molar-refractivity contribution in [2.75, 3.05) is 0 Å². The maximum atomic E-state index is 4.26. The van der Waals surface area contributed by atoms with Crippen molar-refractivity contribution in [2.24, 2.45) is 0 Å². The largest absolute Gasteiger partial charge is 2.00 e. The Morgan fingerprint density at radius 3 is 1.00 bits per heavy atom. The maximum Gasteiger partial charge on any atom is 2.00 e. The van der Waals surface area contributed by atoms with E-state index in [0.717, 1.165) is 0 Å². The predicted molar refractivity (Wildman–Crippen MR) is 56.9 cm³/mol. The molecule has 0 bridgehead atoms. The van der Waals surface area contributed by atoms with Crippen molar-refractivity contribution in [3.05, 3.63) is 60.7 Å². The van der Waals surface area contributed by atoms with Gasteiger partial charge in [-0.05, 0) is 0 Å². The van der Waals surface area contributed by atoms with Crippen molar-refractivity contribution in [1.82, 2.24) is 0 Å². The van der Waals surface area contributed by atoms with E-state index in [-0.39, 0.29) is 26.2 Å². The van der Waals surface area contributed by atoms with E-state index in [2.05, 4.69) is 27.6 Å². The van der Waals surface area contributed by atoms with Crippen LogP contribution < -0.4 is 0 Å². The Balaban J connectivity index is 0. The van der Waals surface area contributed by atoms with Gasteiger partial charge in [0.2, 0.25) is 0 Å². The summed E-state index contributed by atoms with van der Waals surface area (Å²) in [5, 5.41) is 0. The van der Waals surface area contributed by atoms with Crippen molar-refractivity contribution in [3.63, 3.8) is 0 Å². The second kappa shape index (κ2) is 15.6. The van der Waals surface area contributed by atoms with Crippen molar-refractivity contribution in [3.8, 4) is 0 Å². The fraction of sp³-hybridized carbons (Fsp3) is 0. The third-order valence-electron chi connectivity index (χ3n) is 1.11. The molecule has 74 valence electrons. The van der Waals surface area contributed by atoms with Gasteiger partial charge < -0.3 is 0 Å². The first kappa shape index (κ1) is 16.5. The van der Waals surface area contributed by atoms with E-state index in [1.54, 1.807) is 0 Å². The quantitative estimate of drug-likeness (QED) is 0.665. The molecule has 1 nitrogen and oxygen atoms in total. The standard InChI is InChI=1S/2C5H5.Cl2O.Zr/c2*1-2-4-5-3-1;1-3-2;/h2*1-5H;;/q2*-1;;+2. The Kier molecular flexibility index (Phi) is 18.4. The number of halogens is 2. The minimum atomic E-state index is 0. The molecule has 2 aromatic carbocycles. The van der Waals surface area contributed by atoms with Crippen LogP contribution in [0, 0.1) is 0 Å². The Hall–Kier alpha value is 0.123. The van der Waals surface area contributed by atoms with E-state index in [9.17, 15) is 0 Å². The summed E-state index contributed by atoms with van der Waals surface area (Å²) in [6.45, 7) is 0. The zero-order valence-corrected chi connectivity index (χ0v) is 11.4. The van der Waals surface area contributed by atoms with E-state index in [1.165, 1.54) is 0 Å². The molecule has 0 unspecified atom stereocenters. The molecule has 4 heteroatoms. The molecule has 2 rings (SSSR count). The average Bonchev–Trinajstić information content (AvgIpc) is 2.85. The van der Waals surface area contributed by atoms with Crippen molar-refractivity contribution >= 4 is 23.7 Å². The van der Waals surface area contributed by atoms with Crippen LogP contribution in [0.15, 0.2) is 60.7 Å². The maximum absolute atomic E-state index is 4.26.